The van der Waals surface area contributed by atoms with Gasteiger partial charge in [0.2, 0.25) is 5.95 Å². The summed E-state index contributed by atoms with van der Waals surface area (Å²) in [5.74, 6) is 1.53. The predicted octanol–water partition coefficient (Wildman–Crippen LogP) is 4.73. The van der Waals surface area contributed by atoms with Gasteiger partial charge in [-0.2, -0.15) is 0 Å². The first-order valence-electron chi connectivity index (χ1n) is 11.1. The Kier molecular flexibility index (Phi) is 6.14. The monoisotopic (exact) mass is 479 g/mol. The van der Waals surface area contributed by atoms with E-state index in [9.17, 15) is 0 Å². The molecule has 170 valence electrons. The summed E-state index contributed by atoms with van der Waals surface area (Å²) in [6, 6.07) is 10.3. The third-order valence-corrected chi connectivity index (χ3v) is 6.68. The Morgan fingerprint density at radius 1 is 1.21 bits per heavy atom. The van der Waals surface area contributed by atoms with Crippen molar-refractivity contribution in [2.24, 2.45) is 0 Å². The Hall–Kier alpha value is -2.81. The zero-order chi connectivity index (χ0) is 22.9. The van der Waals surface area contributed by atoms with E-state index in [1.54, 1.807) is 0 Å². The number of anilines is 4. The molecule has 7 nitrogen and oxygen atoms in total. The number of rotatable bonds is 4. The molecular weight excluding hydrogens is 454 g/mol. The van der Waals surface area contributed by atoms with Crippen LogP contribution in [0, 0.1) is 6.92 Å². The number of hydrogen-bond acceptors (Lipinski definition) is 7. The van der Waals surface area contributed by atoms with Crippen molar-refractivity contribution in [3.05, 3.63) is 52.8 Å². The van der Waals surface area contributed by atoms with Crippen molar-refractivity contribution in [2.75, 3.05) is 35.7 Å². The number of likely N-dealkylation sites (N-methyl/N-ethyl adjacent to an activating group) is 1. The van der Waals surface area contributed by atoms with Crippen LogP contribution in [0.1, 0.15) is 24.1 Å². The number of benzene rings is 1. The number of hydrogen-bond donors (Lipinski definition) is 3. The molecule has 0 radical (unpaired) electrons. The van der Waals surface area contributed by atoms with Gasteiger partial charge in [0.15, 0.2) is 0 Å². The summed E-state index contributed by atoms with van der Waals surface area (Å²) in [5, 5.41) is 10.7. The maximum absolute atomic E-state index is 6.20. The Labute approximate surface area is 204 Å². The Balaban J connectivity index is 1.42. The van der Waals surface area contributed by atoms with Gasteiger partial charge in [-0.25, -0.2) is 15.0 Å². The first-order valence-corrected chi connectivity index (χ1v) is 11.9. The Morgan fingerprint density at radius 2 is 2.09 bits per heavy atom. The number of fused-ring (bicyclic) bond motifs is 3. The summed E-state index contributed by atoms with van der Waals surface area (Å²) in [5.41, 5.74) is 5.44. The predicted molar refractivity (Wildman–Crippen MR) is 139 cm³/mol. The summed E-state index contributed by atoms with van der Waals surface area (Å²) in [6.45, 7) is 4.02. The first-order chi connectivity index (χ1) is 16.0. The van der Waals surface area contributed by atoms with E-state index in [0.717, 1.165) is 57.8 Å². The molecule has 1 atom stereocenters. The topological polar surface area (TPSA) is 78.0 Å². The molecule has 3 aromatic rings. The largest absolute Gasteiger partial charge is 0.355 e. The molecule has 5 rings (SSSR count). The van der Waals surface area contributed by atoms with Crippen molar-refractivity contribution < 1.29 is 0 Å². The molecule has 0 spiro atoms. The summed E-state index contributed by atoms with van der Waals surface area (Å²) in [7, 11) is 2.02. The summed E-state index contributed by atoms with van der Waals surface area (Å²) in [4.78, 5) is 17.3. The van der Waals surface area contributed by atoms with Crippen LogP contribution in [0.2, 0.25) is 5.02 Å². The number of aryl methyl sites for hydroxylation is 1. The minimum Gasteiger partial charge on any atom is -0.355 e. The van der Waals surface area contributed by atoms with Gasteiger partial charge in [-0.1, -0.05) is 23.8 Å². The van der Waals surface area contributed by atoms with Gasteiger partial charge >= 0.3 is 0 Å². The van der Waals surface area contributed by atoms with Crippen LogP contribution < -0.4 is 20.9 Å². The molecule has 2 aliphatic rings. The summed E-state index contributed by atoms with van der Waals surface area (Å²) in [6.07, 6.45) is 4.79. The molecule has 3 N–H and O–H groups in total. The molecule has 0 bridgehead atoms. The second kappa shape index (κ2) is 9.21. The van der Waals surface area contributed by atoms with E-state index in [-0.39, 0.29) is 0 Å². The third-order valence-electron chi connectivity index (χ3n) is 6.20. The van der Waals surface area contributed by atoms with Crippen molar-refractivity contribution in [3.63, 3.8) is 0 Å². The number of nitrogens with one attached hydrogen (secondary N) is 3. The molecule has 0 amide bonds. The van der Waals surface area contributed by atoms with Gasteiger partial charge in [0, 0.05) is 53.6 Å². The number of nitrogens with zero attached hydrogens (tertiary/aromatic N) is 4. The van der Waals surface area contributed by atoms with Crippen molar-refractivity contribution >= 4 is 51.9 Å². The van der Waals surface area contributed by atoms with Gasteiger partial charge < -0.3 is 20.9 Å². The van der Waals surface area contributed by atoms with E-state index in [4.69, 9.17) is 33.8 Å². The second-order valence-electron chi connectivity index (χ2n) is 8.48. The highest BCUT2D eigenvalue weighted by Crippen LogP contribution is 2.35. The molecule has 2 aliphatic heterocycles. The number of pyridine rings is 1. The van der Waals surface area contributed by atoms with Crippen LogP contribution in [0.3, 0.4) is 0 Å². The van der Waals surface area contributed by atoms with Crippen LogP contribution in [0.15, 0.2) is 36.5 Å². The van der Waals surface area contributed by atoms with E-state index in [1.165, 1.54) is 12.8 Å². The highest BCUT2D eigenvalue weighted by atomic mass is 35.5. The molecule has 1 fully saturated rings. The van der Waals surface area contributed by atoms with Gasteiger partial charge in [0.25, 0.3) is 0 Å². The molecule has 4 heterocycles. The quantitative estimate of drug-likeness (QED) is 0.464. The molecule has 1 aromatic carbocycles. The van der Waals surface area contributed by atoms with Crippen LogP contribution in [0.4, 0.5) is 23.1 Å². The molecule has 0 saturated carbocycles. The lowest BCUT2D eigenvalue weighted by Gasteiger charge is -2.33. The fraction of sp³-hybridized carbons (Fsp3) is 0.333. The summed E-state index contributed by atoms with van der Waals surface area (Å²) >= 11 is 11.7. The van der Waals surface area contributed by atoms with Crippen LogP contribution in [0.5, 0.6) is 0 Å². The van der Waals surface area contributed by atoms with E-state index in [1.807, 2.05) is 38.4 Å². The number of aromatic nitrogens is 3. The lowest BCUT2D eigenvalue weighted by atomic mass is 10.1. The minimum absolute atomic E-state index is 0.506. The van der Waals surface area contributed by atoms with Crippen LogP contribution in [-0.4, -0.2) is 46.1 Å². The standard InChI is InChI=1S/C24H26ClN7S/c1-14-19(7-8-21(28-14)32-9-3-4-17(13-32)26-2)30-24-27-12-15-10-22(33)29-20-11-16(25)5-6-18(20)23(15)31-24/h5-8,11-12,17,26H,3-4,9-10,13H2,1-2H3,(H,29,33)(H,27,30,31). The minimum atomic E-state index is 0.506. The van der Waals surface area contributed by atoms with E-state index >= 15 is 0 Å². The molecular formula is C24H26ClN7S. The van der Waals surface area contributed by atoms with Gasteiger partial charge in [-0.15, -0.1) is 0 Å². The lowest BCUT2D eigenvalue weighted by Crippen LogP contribution is -2.44. The molecule has 9 heteroatoms. The maximum Gasteiger partial charge on any atom is 0.227 e. The van der Waals surface area contributed by atoms with Crippen LogP contribution >= 0.6 is 23.8 Å². The lowest BCUT2D eigenvalue weighted by molar-refractivity contribution is 0.447. The Morgan fingerprint density at radius 3 is 2.91 bits per heavy atom. The average molecular weight is 480 g/mol. The van der Waals surface area contributed by atoms with Gasteiger partial charge in [0.05, 0.1) is 22.1 Å². The normalized spacial score (nSPS) is 17.6. The molecule has 1 saturated heterocycles. The van der Waals surface area contributed by atoms with Crippen LogP contribution in [-0.2, 0) is 6.42 Å². The fourth-order valence-electron chi connectivity index (χ4n) is 4.42. The van der Waals surface area contributed by atoms with E-state index in [2.05, 4.69) is 38.0 Å². The number of thiocarbonyl (C=S) groups is 1. The zero-order valence-electron chi connectivity index (χ0n) is 18.7. The summed E-state index contributed by atoms with van der Waals surface area (Å²) < 4.78 is 0. The number of piperidine rings is 1. The van der Waals surface area contributed by atoms with Crippen molar-refractivity contribution in [1.29, 1.82) is 0 Å². The highest BCUT2D eigenvalue weighted by Gasteiger charge is 2.21. The zero-order valence-corrected chi connectivity index (χ0v) is 20.2. The Bertz CT molecular complexity index is 1220. The second-order valence-corrected chi connectivity index (χ2v) is 9.41. The van der Waals surface area contributed by atoms with E-state index in [0.29, 0.717) is 23.4 Å². The van der Waals surface area contributed by atoms with Gasteiger partial charge in [0.1, 0.15) is 5.82 Å². The van der Waals surface area contributed by atoms with Crippen molar-refractivity contribution in [1.82, 2.24) is 20.3 Å². The van der Waals surface area contributed by atoms with Crippen molar-refractivity contribution in [3.8, 4) is 11.3 Å². The molecule has 2 aromatic heterocycles. The molecule has 0 aliphatic carbocycles. The van der Waals surface area contributed by atoms with Gasteiger partial charge in [-0.05, 0) is 57.1 Å². The SMILES string of the molecule is CNC1CCCN(c2ccc(Nc3ncc4c(n3)-c3ccc(Cl)cc3NC(=S)C4)c(C)n2)C1. The van der Waals surface area contributed by atoms with Crippen molar-refractivity contribution in [2.45, 2.75) is 32.2 Å². The molecule has 33 heavy (non-hydrogen) atoms. The maximum atomic E-state index is 6.20. The third kappa shape index (κ3) is 4.64. The highest BCUT2D eigenvalue weighted by molar-refractivity contribution is 7.80. The first kappa shape index (κ1) is 22.0. The van der Waals surface area contributed by atoms with Crippen LogP contribution in [0.25, 0.3) is 11.3 Å². The average Bonchev–Trinajstić information content (AvgIpc) is 2.95. The molecule has 1 unspecified atom stereocenters. The van der Waals surface area contributed by atoms with E-state index < -0.39 is 0 Å². The smallest absolute Gasteiger partial charge is 0.227 e. The fourth-order valence-corrected chi connectivity index (χ4v) is 4.86. The van der Waals surface area contributed by atoms with Gasteiger partial charge in [-0.3, -0.25) is 0 Å². The number of halogens is 1.